The number of hydrogen-bond acceptors (Lipinski definition) is 4. The summed E-state index contributed by atoms with van der Waals surface area (Å²) in [6, 6.07) is 0.259. The first-order chi connectivity index (χ1) is 11.2. The minimum atomic E-state index is 0. The Balaban J connectivity index is 0.00000288. The molecular weight excluding hydrogens is 439 g/mol. The van der Waals surface area contributed by atoms with Crippen molar-refractivity contribution in [3.63, 3.8) is 0 Å². The molecule has 0 saturated carbocycles. The summed E-state index contributed by atoms with van der Waals surface area (Å²) in [6.45, 7) is 8.27. The lowest BCUT2D eigenvalue weighted by molar-refractivity contribution is -0.122. The van der Waals surface area contributed by atoms with E-state index >= 15 is 0 Å². The lowest BCUT2D eigenvalue weighted by Crippen LogP contribution is -2.51. The predicted octanol–water partition coefficient (Wildman–Crippen LogP) is 1.74. The van der Waals surface area contributed by atoms with Crippen molar-refractivity contribution in [3.05, 3.63) is 0 Å². The number of rotatable bonds is 6. The molecule has 0 aliphatic carbocycles. The minimum Gasteiger partial charge on any atom is -0.381 e. The molecule has 2 heterocycles. The van der Waals surface area contributed by atoms with Gasteiger partial charge in [-0.3, -0.25) is 9.79 Å². The third-order valence-corrected chi connectivity index (χ3v) is 5.77. The third kappa shape index (κ3) is 6.95. The number of halogens is 1. The normalized spacial score (nSPS) is 23.8. The van der Waals surface area contributed by atoms with E-state index in [-0.39, 0.29) is 40.7 Å². The first-order valence-corrected chi connectivity index (χ1v) is 9.69. The quantitative estimate of drug-likeness (QED) is 0.313. The summed E-state index contributed by atoms with van der Waals surface area (Å²) in [7, 11) is 0. The minimum absolute atomic E-state index is 0. The van der Waals surface area contributed by atoms with Crippen molar-refractivity contribution in [1.29, 1.82) is 0 Å². The number of carbonyl (C=O) groups excluding carboxylic acids is 1. The maximum Gasteiger partial charge on any atom is 0.220 e. The molecule has 24 heavy (non-hydrogen) atoms. The monoisotopic (exact) mass is 470 g/mol. The van der Waals surface area contributed by atoms with Crippen LogP contribution >= 0.6 is 35.7 Å². The van der Waals surface area contributed by atoms with Crippen LogP contribution in [0.15, 0.2) is 4.99 Å². The fourth-order valence-corrected chi connectivity index (χ4v) is 4.21. The number of piperidine rings is 1. The molecule has 8 heteroatoms. The number of carbonyl (C=O) groups is 1. The molecule has 2 rings (SSSR count). The number of ether oxygens (including phenoxy) is 1. The van der Waals surface area contributed by atoms with E-state index in [4.69, 9.17) is 9.73 Å². The predicted molar refractivity (Wildman–Crippen MR) is 111 cm³/mol. The number of aliphatic imine (C=N–C) groups is 1. The molecule has 140 valence electrons. The van der Waals surface area contributed by atoms with Gasteiger partial charge in [-0.1, -0.05) is 6.92 Å². The lowest BCUT2D eigenvalue weighted by atomic mass is 9.99. The van der Waals surface area contributed by atoms with E-state index < -0.39 is 0 Å². The van der Waals surface area contributed by atoms with Gasteiger partial charge in [0.15, 0.2) is 5.96 Å². The summed E-state index contributed by atoms with van der Waals surface area (Å²) < 4.78 is 5.73. The summed E-state index contributed by atoms with van der Waals surface area (Å²) >= 11 is 2.01. The smallest absolute Gasteiger partial charge is 0.220 e. The topological polar surface area (TPSA) is 74.8 Å². The van der Waals surface area contributed by atoms with Gasteiger partial charge >= 0.3 is 0 Å². The van der Waals surface area contributed by atoms with Crippen LogP contribution in [0.4, 0.5) is 0 Å². The van der Waals surface area contributed by atoms with Crippen molar-refractivity contribution >= 4 is 47.6 Å². The van der Waals surface area contributed by atoms with Crippen LogP contribution in [0.25, 0.3) is 0 Å². The molecule has 0 spiro atoms. The zero-order valence-electron chi connectivity index (χ0n) is 14.7. The maximum atomic E-state index is 11.3. The number of nitrogens with zero attached hydrogens (tertiary/aromatic N) is 1. The molecule has 2 aliphatic heterocycles. The second-order valence-electron chi connectivity index (χ2n) is 6.11. The number of nitrogens with one attached hydrogen (secondary N) is 3. The summed E-state index contributed by atoms with van der Waals surface area (Å²) in [6.07, 6.45) is 3.57. The molecule has 6 nitrogen and oxygen atoms in total. The molecule has 0 aromatic rings. The van der Waals surface area contributed by atoms with Crippen LogP contribution in [0.5, 0.6) is 0 Å². The first kappa shape index (κ1) is 21.8. The summed E-state index contributed by atoms with van der Waals surface area (Å²) in [5.74, 6) is 2.11. The van der Waals surface area contributed by atoms with Gasteiger partial charge in [0.05, 0.1) is 6.54 Å². The van der Waals surface area contributed by atoms with Crippen LogP contribution in [-0.4, -0.2) is 61.3 Å². The Kier molecular flexibility index (Phi) is 10.4. The van der Waals surface area contributed by atoms with Gasteiger partial charge in [-0.25, -0.2) is 0 Å². The average Bonchev–Trinajstić information content (AvgIpc) is 2.56. The van der Waals surface area contributed by atoms with Crippen molar-refractivity contribution in [2.75, 3.05) is 38.6 Å². The van der Waals surface area contributed by atoms with Crippen molar-refractivity contribution in [3.8, 4) is 0 Å². The van der Waals surface area contributed by atoms with E-state index in [0.29, 0.717) is 13.0 Å². The van der Waals surface area contributed by atoms with Crippen molar-refractivity contribution in [2.24, 2.45) is 4.99 Å². The van der Waals surface area contributed by atoms with Crippen molar-refractivity contribution in [1.82, 2.24) is 16.0 Å². The SMILES string of the molecule is CCNC(=NCC1(SCC)CCOCC1)NC1CCC(=O)NC1.I. The summed E-state index contributed by atoms with van der Waals surface area (Å²) in [5, 5.41) is 9.69. The van der Waals surface area contributed by atoms with Crippen LogP contribution in [0.3, 0.4) is 0 Å². The molecular formula is C16H31IN4O2S. The van der Waals surface area contributed by atoms with E-state index in [1.54, 1.807) is 0 Å². The van der Waals surface area contributed by atoms with Gasteiger partial charge in [0.2, 0.25) is 5.91 Å². The summed E-state index contributed by atoms with van der Waals surface area (Å²) in [5.41, 5.74) is 0. The van der Waals surface area contributed by atoms with Crippen LogP contribution in [0, 0.1) is 0 Å². The highest BCUT2D eigenvalue weighted by Gasteiger charge is 2.32. The Morgan fingerprint density at radius 1 is 1.42 bits per heavy atom. The lowest BCUT2D eigenvalue weighted by Gasteiger charge is -2.35. The molecule has 1 atom stereocenters. The zero-order valence-corrected chi connectivity index (χ0v) is 17.9. The fraction of sp³-hybridized carbons (Fsp3) is 0.875. The number of hydrogen-bond donors (Lipinski definition) is 3. The maximum absolute atomic E-state index is 11.3. The Labute approximate surface area is 166 Å². The number of thioether (sulfide) groups is 1. The average molecular weight is 470 g/mol. The largest absolute Gasteiger partial charge is 0.381 e. The van der Waals surface area contributed by atoms with E-state index in [9.17, 15) is 4.79 Å². The van der Waals surface area contributed by atoms with E-state index in [1.807, 2.05) is 11.8 Å². The second-order valence-corrected chi connectivity index (χ2v) is 7.84. The molecule has 0 bridgehead atoms. The van der Waals surface area contributed by atoms with Crippen LogP contribution < -0.4 is 16.0 Å². The molecule has 2 saturated heterocycles. The highest BCUT2D eigenvalue weighted by Crippen LogP contribution is 2.35. The van der Waals surface area contributed by atoms with Gasteiger partial charge < -0.3 is 20.7 Å². The Morgan fingerprint density at radius 2 is 2.17 bits per heavy atom. The Hall–Kier alpha value is -0.220. The van der Waals surface area contributed by atoms with E-state index in [2.05, 4.69) is 29.8 Å². The van der Waals surface area contributed by atoms with Crippen LogP contribution in [0.2, 0.25) is 0 Å². The Bertz CT molecular complexity index is 401. The number of amides is 1. The molecule has 1 amide bonds. The molecule has 0 aromatic carbocycles. The van der Waals surface area contributed by atoms with Crippen molar-refractivity contribution < 1.29 is 9.53 Å². The summed E-state index contributed by atoms with van der Waals surface area (Å²) in [4.78, 5) is 16.1. The van der Waals surface area contributed by atoms with Crippen LogP contribution in [0.1, 0.15) is 39.5 Å². The van der Waals surface area contributed by atoms with Gasteiger partial charge in [-0.15, -0.1) is 24.0 Å². The van der Waals surface area contributed by atoms with Gasteiger partial charge in [0.1, 0.15) is 0 Å². The van der Waals surface area contributed by atoms with Crippen molar-refractivity contribution in [2.45, 2.75) is 50.3 Å². The zero-order chi connectivity index (χ0) is 16.5. The Morgan fingerprint density at radius 3 is 2.75 bits per heavy atom. The highest BCUT2D eigenvalue weighted by atomic mass is 127. The fourth-order valence-electron chi connectivity index (χ4n) is 2.99. The highest BCUT2D eigenvalue weighted by molar-refractivity contribution is 14.0. The van der Waals surface area contributed by atoms with E-state index in [0.717, 1.165) is 57.3 Å². The van der Waals surface area contributed by atoms with Gasteiger partial charge in [-0.2, -0.15) is 11.8 Å². The van der Waals surface area contributed by atoms with Gasteiger partial charge in [0, 0.05) is 43.5 Å². The second kappa shape index (κ2) is 11.4. The van der Waals surface area contributed by atoms with E-state index in [1.165, 1.54) is 0 Å². The first-order valence-electron chi connectivity index (χ1n) is 8.70. The molecule has 1 unspecified atom stereocenters. The molecule has 2 fully saturated rings. The number of guanidine groups is 1. The molecule has 3 N–H and O–H groups in total. The van der Waals surface area contributed by atoms with Gasteiger partial charge in [-0.05, 0) is 31.9 Å². The standard InChI is InChI=1S/C16H30N4O2S.HI/c1-3-17-15(20-13-5-6-14(21)18-11-13)19-12-16(23-4-2)7-9-22-10-8-16;/h13H,3-12H2,1-2H3,(H,18,21)(H2,17,19,20);1H. The molecule has 2 aliphatic rings. The van der Waals surface area contributed by atoms with Crippen LogP contribution in [-0.2, 0) is 9.53 Å². The van der Waals surface area contributed by atoms with Gasteiger partial charge in [0.25, 0.3) is 0 Å². The third-order valence-electron chi connectivity index (χ3n) is 4.33. The molecule has 0 aromatic heterocycles. The molecule has 0 radical (unpaired) electrons.